The molecular formula is C17H19F3N4O2S. The quantitative estimate of drug-likeness (QED) is 0.481. The zero-order valence-electron chi connectivity index (χ0n) is 14.1. The van der Waals surface area contributed by atoms with Gasteiger partial charge in [0.1, 0.15) is 12.8 Å². The van der Waals surface area contributed by atoms with E-state index in [1.165, 1.54) is 12.1 Å². The molecule has 0 saturated carbocycles. The maximum absolute atomic E-state index is 13.0. The monoisotopic (exact) mass is 400 g/mol. The molecule has 2 unspecified atom stereocenters. The zero-order valence-corrected chi connectivity index (χ0v) is 14.9. The SMILES string of the molecule is NSNCc1ccc(-c2ccc(C(O)C(CF)NC(=O)C(F)F)cc2)cn1. The second kappa shape index (κ2) is 10.3. The van der Waals surface area contributed by atoms with Gasteiger partial charge in [-0.3, -0.25) is 14.9 Å². The van der Waals surface area contributed by atoms with Crippen LogP contribution in [0, 0.1) is 0 Å². The Bertz CT molecular complexity index is 732. The van der Waals surface area contributed by atoms with Gasteiger partial charge in [0.15, 0.2) is 0 Å². The molecule has 2 atom stereocenters. The van der Waals surface area contributed by atoms with Gasteiger partial charge in [0.25, 0.3) is 5.91 Å². The van der Waals surface area contributed by atoms with E-state index in [4.69, 9.17) is 5.14 Å². The van der Waals surface area contributed by atoms with Gasteiger partial charge in [-0.2, -0.15) is 8.78 Å². The minimum absolute atomic E-state index is 0.296. The molecule has 1 aromatic heterocycles. The number of amides is 1. The molecule has 2 aromatic rings. The van der Waals surface area contributed by atoms with E-state index in [0.717, 1.165) is 29.0 Å². The molecule has 2 rings (SSSR count). The summed E-state index contributed by atoms with van der Waals surface area (Å²) in [6.07, 6.45) is -3.05. The maximum Gasteiger partial charge on any atom is 0.315 e. The van der Waals surface area contributed by atoms with Gasteiger partial charge in [0.05, 0.1) is 11.7 Å². The summed E-state index contributed by atoms with van der Waals surface area (Å²) in [5, 5.41) is 17.2. The summed E-state index contributed by atoms with van der Waals surface area (Å²) < 4.78 is 40.5. The lowest BCUT2D eigenvalue weighted by Gasteiger charge is -2.22. The smallest absolute Gasteiger partial charge is 0.315 e. The van der Waals surface area contributed by atoms with Gasteiger partial charge in [-0.05, 0) is 17.2 Å². The van der Waals surface area contributed by atoms with Gasteiger partial charge in [0.2, 0.25) is 0 Å². The average Bonchev–Trinajstić information content (AvgIpc) is 2.70. The number of carbonyl (C=O) groups excluding carboxylic acids is 1. The molecule has 1 aromatic carbocycles. The van der Waals surface area contributed by atoms with Crippen molar-refractivity contribution in [1.82, 2.24) is 15.0 Å². The number of nitrogens with one attached hydrogen (secondary N) is 2. The molecule has 10 heteroatoms. The Balaban J connectivity index is 2.08. The number of nitrogens with two attached hydrogens (primary N) is 1. The molecule has 0 radical (unpaired) electrons. The lowest BCUT2D eigenvalue weighted by molar-refractivity contribution is -0.133. The zero-order chi connectivity index (χ0) is 19.8. The fourth-order valence-corrected chi connectivity index (χ4v) is 2.60. The summed E-state index contributed by atoms with van der Waals surface area (Å²) in [5.74, 6) is -1.62. The van der Waals surface area contributed by atoms with Crippen molar-refractivity contribution in [3.8, 4) is 11.1 Å². The second-order valence-corrected chi connectivity index (χ2v) is 6.14. The average molecular weight is 400 g/mol. The first-order valence-corrected chi connectivity index (χ1v) is 8.80. The predicted molar refractivity (Wildman–Crippen MR) is 97.2 cm³/mol. The minimum atomic E-state index is -3.28. The number of benzene rings is 1. The molecule has 0 bridgehead atoms. The van der Waals surface area contributed by atoms with Crippen molar-refractivity contribution >= 4 is 18.0 Å². The summed E-state index contributed by atoms with van der Waals surface area (Å²) in [4.78, 5) is 15.3. The van der Waals surface area contributed by atoms with Gasteiger partial charge in [-0.15, -0.1) is 0 Å². The van der Waals surface area contributed by atoms with Crippen LogP contribution in [0.5, 0.6) is 0 Å². The molecule has 0 aliphatic rings. The fraction of sp³-hybridized carbons (Fsp3) is 0.294. The molecule has 1 heterocycles. The highest BCUT2D eigenvalue weighted by Crippen LogP contribution is 2.23. The van der Waals surface area contributed by atoms with Crippen LogP contribution in [0.25, 0.3) is 11.1 Å². The largest absolute Gasteiger partial charge is 0.386 e. The fourth-order valence-electron chi connectivity index (χ4n) is 2.37. The van der Waals surface area contributed by atoms with Crippen molar-refractivity contribution < 1.29 is 23.1 Å². The number of hydrogen-bond acceptors (Lipinski definition) is 6. The molecule has 0 aliphatic carbocycles. The predicted octanol–water partition coefficient (Wildman–Crippen LogP) is 2.11. The molecule has 0 saturated heterocycles. The van der Waals surface area contributed by atoms with Crippen LogP contribution in [0.15, 0.2) is 42.6 Å². The molecule has 5 N–H and O–H groups in total. The van der Waals surface area contributed by atoms with Crippen LogP contribution in [0.2, 0.25) is 0 Å². The number of aromatic nitrogens is 1. The van der Waals surface area contributed by atoms with E-state index in [2.05, 4.69) is 9.71 Å². The van der Waals surface area contributed by atoms with Gasteiger partial charge >= 0.3 is 6.43 Å². The third-order valence-corrected chi connectivity index (χ3v) is 4.13. The summed E-state index contributed by atoms with van der Waals surface area (Å²) in [6.45, 7) is -0.663. The topological polar surface area (TPSA) is 100 Å². The van der Waals surface area contributed by atoms with Crippen LogP contribution in [0.4, 0.5) is 13.2 Å². The Morgan fingerprint density at radius 1 is 1.19 bits per heavy atom. The summed E-state index contributed by atoms with van der Waals surface area (Å²) in [6, 6.07) is 8.70. The third kappa shape index (κ3) is 5.93. The number of alkyl halides is 3. The lowest BCUT2D eigenvalue weighted by atomic mass is 9.99. The number of carbonyl (C=O) groups is 1. The Kier molecular flexibility index (Phi) is 8.04. The molecule has 0 aliphatic heterocycles. The van der Waals surface area contributed by atoms with E-state index >= 15 is 0 Å². The highest BCUT2D eigenvalue weighted by atomic mass is 32.2. The lowest BCUT2D eigenvalue weighted by Crippen LogP contribution is -2.43. The van der Waals surface area contributed by atoms with Gasteiger partial charge in [0, 0.05) is 30.4 Å². The van der Waals surface area contributed by atoms with Crippen molar-refractivity contribution in [1.29, 1.82) is 0 Å². The van der Waals surface area contributed by atoms with E-state index in [-0.39, 0.29) is 0 Å². The van der Waals surface area contributed by atoms with Crippen LogP contribution in [0.1, 0.15) is 17.4 Å². The Morgan fingerprint density at radius 2 is 1.85 bits per heavy atom. The number of rotatable bonds is 9. The van der Waals surface area contributed by atoms with Crippen LogP contribution in [-0.2, 0) is 11.3 Å². The number of pyridine rings is 1. The van der Waals surface area contributed by atoms with Crippen molar-refractivity contribution in [3.63, 3.8) is 0 Å². The first kappa shape index (κ1) is 21.2. The molecule has 6 nitrogen and oxygen atoms in total. The maximum atomic E-state index is 13.0. The Labute approximate surface area is 158 Å². The van der Waals surface area contributed by atoms with E-state index in [1.807, 2.05) is 12.1 Å². The van der Waals surface area contributed by atoms with E-state index in [0.29, 0.717) is 12.1 Å². The second-order valence-electron chi connectivity index (χ2n) is 5.61. The Morgan fingerprint density at radius 3 is 2.37 bits per heavy atom. The van der Waals surface area contributed by atoms with E-state index in [9.17, 15) is 23.1 Å². The molecule has 0 fully saturated rings. The Hall–Kier alpha value is -2.14. The van der Waals surface area contributed by atoms with Crippen molar-refractivity contribution in [2.75, 3.05) is 6.67 Å². The molecule has 27 heavy (non-hydrogen) atoms. The van der Waals surface area contributed by atoms with Crippen LogP contribution in [0.3, 0.4) is 0 Å². The molecule has 146 valence electrons. The van der Waals surface area contributed by atoms with Crippen molar-refractivity contribution in [2.24, 2.45) is 5.14 Å². The molecule has 1 amide bonds. The van der Waals surface area contributed by atoms with Crippen LogP contribution >= 0.6 is 12.1 Å². The van der Waals surface area contributed by atoms with E-state index in [1.54, 1.807) is 23.6 Å². The summed E-state index contributed by atoms with van der Waals surface area (Å²) in [7, 11) is 0. The number of hydrogen-bond donors (Lipinski definition) is 4. The summed E-state index contributed by atoms with van der Waals surface area (Å²) in [5.41, 5.74) is 2.74. The minimum Gasteiger partial charge on any atom is -0.386 e. The number of aliphatic hydroxyl groups is 1. The highest BCUT2D eigenvalue weighted by Gasteiger charge is 2.26. The van der Waals surface area contributed by atoms with E-state index < -0.39 is 31.2 Å². The number of nitrogens with zero attached hydrogens (tertiary/aromatic N) is 1. The normalized spacial score (nSPS) is 13.4. The third-order valence-electron chi connectivity index (χ3n) is 3.82. The number of aliphatic hydroxyl groups excluding tert-OH is 1. The standard InChI is InChI=1S/C17H19F3N4O2S/c18-7-14(24-17(26)16(19)20)15(25)11-3-1-10(2-4-11)12-5-6-13(22-8-12)9-23-27-21/h1-6,8,14-16,23,25H,7,9,21H2,(H,24,26). The van der Waals surface area contributed by atoms with Gasteiger partial charge in [-0.25, -0.2) is 9.11 Å². The van der Waals surface area contributed by atoms with Gasteiger partial charge in [-0.1, -0.05) is 30.3 Å². The van der Waals surface area contributed by atoms with Crippen molar-refractivity contribution in [2.45, 2.75) is 25.1 Å². The first-order chi connectivity index (χ1) is 13.0. The van der Waals surface area contributed by atoms with Crippen LogP contribution < -0.4 is 15.2 Å². The first-order valence-electron chi connectivity index (χ1n) is 7.92. The van der Waals surface area contributed by atoms with Crippen LogP contribution in [-0.4, -0.2) is 35.1 Å². The number of halogens is 3. The summed E-state index contributed by atoms with van der Waals surface area (Å²) >= 11 is 1.00. The van der Waals surface area contributed by atoms with Gasteiger partial charge < -0.3 is 10.4 Å². The highest BCUT2D eigenvalue weighted by molar-refractivity contribution is 7.95. The molecular weight excluding hydrogens is 381 g/mol. The molecule has 0 spiro atoms. The van der Waals surface area contributed by atoms with Crippen molar-refractivity contribution in [3.05, 3.63) is 53.9 Å².